The Labute approximate surface area is 82.5 Å². The van der Waals surface area contributed by atoms with Gasteiger partial charge in [-0.25, -0.2) is 0 Å². The van der Waals surface area contributed by atoms with Crippen molar-refractivity contribution in [3.63, 3.8) is 0 Å². The Kier molecular flexibility index (Phi) is 3.12. The van der Waals surface area contributed by atoms with Gasteiger partial charge in [0, 0.05) is 7.05 Å². The van der Waals surface area contributed by atoms with E-state index in [1.165, 1.54) is 14.2 Å². The second-order valence-electron chi connectivity index (χ2n) is 2.23. The zero-order valence-corrected chi connectivity index (χ0v) is 7.79. The predicted octanol–water partition coefficient (Wildman–Crippen LogP) is 0.821. The molecule has 84 valence electrons. The third-order valence-electron chi connectivity index (χ3n) is 1.21. The molecular weight excluding hydrogens is 217 g/mol. The average molecular weight is 224 g/mol. The van der Waals surface area contributed by atoms with Crippen LogP contribution in [-0.4, -0.2) is 35.5 Å². The molecule has 1 aromatic heterocycles. The maximum absolute atomic E-state index is 11.8. The fourth-order valence-corrected chi connectivity index (χ4v) is 0.690. The molecule has 0 aliphatic heterocycles. The van der Waals surface area contributed by atoms with Crippen LogP contribution in [0.1, 0.15) is 0 Å². The van der Waals surface area contributed by atoms with Crippen molar-refractivity contribution in [1.29, 1.82) is 0 Å². The lowest BCUT2D eigenvalue weighted by Gasteiger charge is -2.08. The van der Waals surface area contributed by atoms with Crippen molar-refractivity contribution in [3.8, 4) is 12.0 Å². The second kappa shape index (κ2) is 4.15. The summed E-state index contributed by atoms with van der Waals surface area (Å²) >= 11 is 0. The number of alkyl halides is 3. The SMILES string of the molecule is CNc1nc(OC)nc(OC(F)(F)F)n1. The molecule has 0 spiro atoms. The average Bonchev–Trinajstić information content (AvgIpc) is 2.14. The van der Waals surface area contributed by atoms with Crippen LogP contribution in [0, 0.1) is 0 Å². The molecule has 1 N–H and O–H groups in total. The number of hydrogen-bond donors (Lipinski definition) is 1. The third-order valence-corrected chi connectivity index (χ3v) is 1.21. The Bertz CT molecular complexity index is 321. The van der Waals surface area contributed by atoms with Gasteiger partial charge >= 0.3 is 18.4 Å². The molecule has 15 heavy (non-hydrogen) atoms. The maximum atomic E-state index is 11.8. The third kappa shape index (κ3) is 3.44. The Morgan fingerprint density at radius 1 is 1.13 bits per heavy atom. The number of rotatable bonds is 3. The van der Waals surface area contributed by atoms with Crippen molar-refractivity contribution >= 4 is 5.95 Å². The predicted molar refractivity (Wildman–Crippen MR) is 42.6 cm³/mol. The van der Waals surface area contributed by atoms with Crippen molar-refractivity contribution in [3.05, 3.63) is 0 Å². The molecule has 0 radical (unpaired) electrons. The summed E-state index contributed by atoms with van der Waals surface area (Å²) in [5.41, 5.74) is 0. The first-order valence-electron chi connectivity index (χ1n) is 3.68. The summed E-state index contributed by atoms with van der Waals surface area (Å²) in [5.74, 6) is -0.0823. The van der Waals surface area contributed by atoms with Gasteiger partial charge in [0.2, 0.25) is 5.95 Å². The van der Waals surface area contributed by atoms with Crippen LogP contribution in [0.15, 0.2) is 0 Å². The van der Waals surface area contributed by atoms with Crippen molar-refractivity contribution in [2.45, 2.75) is 6.36 Å². The van der Waals surface area contributed by atoms with Crippen LogP contribution in [0.4, 0.5) is 19.1 Å². The zero-order valence-electron chi connectivity index (χ0n) is 7.79. The molecule has 0 aliphatic rings. The quantitative estimate of drug-likeness (QED) is 0.819. The number of ether oxygens (including phenoxy) is 2. The van der Waals surface area contributed by atoms with E-state index in [1.807, 2.05) is 0 Å². The molecule has 0 amide bonds. The van der Waals surface area contributed by atoms with Crippen molar-refractivity contribution in [1.82, 2.24) is 15.0 Å². The van der Waals surface area contributed by atoms with Gasteiger partial charge in [0.05, 0.1) is 7.11 Å². The van der Waals surface area contributed by atoms with E-state index in [2.05, 4.69) is 29.7 Å². The Balaban J connectivity index is 2.97. The smallest absolute Gasteiger partial charge is 0.467 e. The second-order valence-corrected chi connectivity index (χ2v) is 2.23. The number of aromatic nitrogens is 3. The molecule has 6 nitrogen and oxygen atoms in total. The number of hydrogen-bond acceptors (Lipinski definition) is 6. The van der Waals surface area contributed by atoms with Gasteiger partial charge in [-0.05, 0) is 0 Å². The first kappa shape index (κ1) is 11.3. The summed E-state index contributed by atoms with van der Waals surface area (Å²) in [6, 6.07) is -1.15. The van der Waals surface area contributed by atoms with Crippen molar-refractivity contribution in [2.24, 2.45) is 0 Å². The molecule has 1 heterocycles. The fourth-order valence-electron chi connectivity index (χ4n) is 0.690. The highest BCUT2D eigenvalue weighted by atomic mass is 19.4. The molecule has 0 saturated heterocycles. The number of nitrogens with one attached hydrogen (secondary N) is 1. The van der Waals surface area contributed by atoms with Crippen LogP contribution in [-0.2, 0) is 0 Å². The Morgan fingerprint density at radius 3 is 2.20 bits per heavy atom. The zero-order chi connectivity index (χ0) is 11.5. The van der Waals surface area contributed by atoms with Gasteiger partial charge in [-0.2, -0.15) is 9.97 Å². The van der Waals surface area contributed by atoms with Crippen LogP contribution in [0.25, 0.3) is 0 Å². The summed E-state index contributed by atoms with van der Waals surface area (Å²) in [5, 5.41) is 2.44. The van der Waals surface area contributed by atoms with E-state index in [9.17, 15) is 13.2 Å². The largest absolute Gasteiger partial charge is 0.575 e. The number of methoxy groups -OCH3 is 1. The van der Waals surface area contributed by atoms with E-state index in [4.69, 9.17) is 0 Å². The monoisotopic (exact) mass is 224 g/mol. The number of halogens is 3. The van der Waals surface area contributed by atoms with E-state index in [0.29, 0.717) is 0 Å². The molecule has 0 bridgehead atoms. The van der Waals surface area contributed by atoms with Gasteiger partial charge < -0.3 is 14.8 Å². The highest BCUT2D eigenvalue weighted by Crippen LogP contribution is 2.21. The van der Waals surface area contributed by atoms with E-state index in [0.717, 1.165) is 0 Å². The van der Waals surface area contributed by atoms with E-state index >= 15 is 0 Å². The molecule has 0 aliphatic carbocycles. The van der Waals surface area contributed by atoms with Crippen molar-refractivity contribution in [2.75, 3.05) is 19.5 Å². The lowest BCUT2D eigenvalue weighted by atomic mass is 10.8. The molecular formula is C6H7F3N4O2. The fraction of sp³-hybridized carbons (Fsp3) is 0.500. The molecule has 0 fully saturated rings. The molecule has 1 aromatic rings. The summed E-state index contributed by atoms with van der Waals surface area (Å²) in [6.07, 6.45) is -4.85. The van der Waals surface area contributed by atoms with E-state index in [1.54, 1.807) is 0 Å². The molecule has 1 rings (SSSR count). The summed E-state index contributed by atoms with van der Waals surface area (Å²) < 4.78 is 43.6. The molecule has 0 atom stereocenters. The standard InChI is InChI=1S/C6H7F3N4O2/c1-10-3-11-4(14-2)13-5(12-3)15-6(7,8)9/h1-2H3,(H,10,11,12,13). The molecule has 9 heteroatoms. The summed E-state index contributed by atoms with van der Waals surface area (Å²) in [4.78, 5) is 10.2. The topological polar surface area (TPSA) is 69.2 Å². The highest BCUT2D eigenvalue weighted by Gasteiger charge is 2.33. The minimum atomic E-state index is -4.85. The van der Waals surface area contributed by atoms with Gasteiger partial charge in [-0.1, -0.05) is 0 Å². The molecule has 0 unspecified atom stereocenters. The summed E-state index contributed by atoms with van der Waals surface area (Å²) in [6.45, 7) is 0. The first-order valence-corrected chi connectivity index (χ1v) is 3.68. The first-order chi connectivity index (χ1) is 6.94. The van der Waals surface area contributed by atoms with Gasteiger partial charge in [0.15, 0.2) is 0 Å². The van der Waals surface area contributed by atoms with Crippen LogP contribution in [0.3, 0.4) is 0 Å². The lowest BCUT2D eigenvalue weighted by Crippen LogP contribution is -2.19. The van der Waals surface area contributed by atoms with E-state index in [-0.39, 0.29) is 12.0 Å². The maximum Gasteiger partial charge on any atom is 0.575 e. The van der Waals surface area contributed by atoms with Gasteiger partial charge in [0.1, 0.15) is 0 Å². The van der Waals surface area contributed by atoms with E-state index < -0.39 is 12.4 Å². The van der Waals surface area contributed by atoms with Gasteiger partial charge in [-0.3, -0.25) is 0 Å². The lowest BCUT2D eigenvalue weighted by molar-refractivity contribution is -0.277. The van der Waals surface area contributed by atoms with Gasteiger partial charge in [-0.15, -0.1) is 18.2 Å². The Morgan fingerprint density at radius 2 is 1.73 bits per heavy atom. The summed E-state index contributed by atoms with van der Waals surface area (Å²) in [7, 11) is 2.65. The molecule has 0 saturated carbocycles. The Hall–Kier alpha value is -1.80. The number of anilines is 1. The molecule has 0 aromatic carbocycles. The highest BCUT2D eigenvalue weighted by molar-refractivity contribution is 5.26. The minimum Gasteiger partial charge on any atom is -0.467 e. The van der Waals surface area contributed by atoms with Crippen molar-refractivity contribution < 1.29 is 22.6 Å². The van der Waals surface area contributed by atoms with Crippen LogP contribution in [0.5, 0.6) is 12.0 Å². The van der Waals surface area contributed by atoms with Crippen LogP contribution in [0.2, 0.25) is 0 Å². The van der Waals surface area contributed by atoms with Crippen LogP contribution < -0.4 is 14.8 Å². The normalized spacial score (nSPS) is 11.0. The number of nitrogens with zero attached hydrogens (tertiary/aromatic N) is 3. The minimum absolute atomic E-state index is 0.0823. The van der Waals surface area contributed by atoms with Crippen LogP contribution >= 0.6 is 0 Å². The van der Waals surface area contributed by atoms with Gasteiger partial charge in [0.25, 0.3) is 0 Å².